The molecule has 0 spiro atoms. The molecule has 120 valence electrons. The van der Waals surface area contributed by atoms with Crippen LogP contribution in [0.25, 0.3) is 0 Å². The van der Waals surface area contributed by atoms with Gasteiger partial charge in [-0.1, -0.05) is 43.2 Å². The monoisotopic (exact) mass is 321 g/mol. The van der Waals surface area contributed by atoms with E-state index in [0.717, 1.165) is 25.8 Å². The third kappa shape index (κ3) is 2.67. The quantitative estimate of drug-likeness (QED) is 0.855. The van der Waals surface area contributed by atoms with Crippen LogP contribution in [0.4, 0.5) is 0 Å². The van der Waals surface area contributed by atoms with Gasteiger partial charge in [0.15, 0.2) is 0 Å². The Labute approximate surface area is 132 Å². The van der Waals surface area contributed by atoms with E-state index in [9.17, 15) is 13.2 Å². The van der Waals surface area contributed by atoms with Crippen LogP contribution >= 0.6 is 0 Å². The predicted octanol–water partition coefficient (Wildman–Crippen LogP) is 2.35. The van der Waals surface area contributed by atoms with Crippen LogP contribution in [0.15, 0.2) is 30.3 Å². The maximum Gasteiger partial charge on any atom is 0.224 e. The van der Waals surface area contributed by atoms with Crippen molar-refractivity contribution in [1.29, 1.82) is 0 Å². The van der Waals surface area contributed by atoms with Gasteiger partial charge in [-0.3, -0.25) is 4.79 Å². The smallest absolute Gasteiger partial charge is 0.224 e. The van der Waals surface area contributed by atoms with E-state index in [1.165, 1.54) is 18.2 Å². The lowest BCUT2D eigenvalue weighted by atomic mass is 9.61. The summed E-state index contributed by atoms with van der Waals surface area (Å²) in [6, 6.07) is 10.2. The molecule has 1 aliphatic carbocycles. The SMILES string of the molecule is CS(=O)(=O)CCC(=O)N1C[C@H]2CCCC[C@@]21c1ccccc1. The minimum Gasteiger partial charge on any atom is -0.332 e. The molecule has 0 radical (unpaired) electrons. The minimum absolute atomic E-state index is 0.0209. The summed E-state index contributed by atoms with van der Waals surface area (Å²) in [5.74, 6) is 0.441. The first-order valence-electron chi connectivity index (χ1n) is 7.97. The standard InChI is InChI=1S/C17H23NO3S/c1-22(20,21)12-10-16(19)18-13-15-9-5-6-11-17(15,18)14-7-3-2-4-8-14/h2-4,7-8,15H,5-6,9-13H2,1H3/t15-,17-/m1/s1. The van der Waals surface area contributed by atoms with Gasteiger partial charge >= 0.3 is 0 Å². The molecule has 1 saturated carbocycles. The molecule has 1 amide bonds. The van der Waals surface area contributed by atoms with Gasteiger partial charge in [-0.25, -0.2) is 8.42 Å². The van der Waals surface area contributed by atoms with Crippen molar-refractivity contribution in [3.8, 4) is 0 Å². The molecule has 4 nitrogen and oxygen atoms in total. The van der Waals surface area contributed by atoms with Crippen molar-refractivity contribution in [2.24, 2.45) is 5.92 Å². The Hall–Kier alpha value is -1.36. The van der Waals surface area contributed by atoms with Gasteiger partial charge in [-0.15, -0.1) is 0 Å². The molecule has 1 aliphatic heterocycles. The molecule has 5 heteroatoms. The Bertz CT molecular complexity index is 656. The molecule has 1 aromatic rings. The number of likely N-dealkylation sites (tertiary alicyclic amines) is 1. The number of hydrogen-bond donors (Lipinski definition) is 0. The molecular formula is C17H23NO3S. The van der Waals surface area contributed by atoms with Gasteiger partial charge in [0.25, 0.3) is 0 Å². The Morgan fingerprint density at radius 1 is 1.27 bits per heavy atom. The Morgan fingerprint density at radius 2 is 2.00 bits per heavy atom. The molecule has 22 heavy (non-hydrogen) atoms. The predicted molar refractivity (Wildman–Crippen MR) is 86.1 cm³/mol. The summed E-state index contributed by atoms with van der Waals surface area (Å²) in [5.41, 5.74) is 1.02. The summed E-state index contributed by atoms with van der Waals surface area (Å²) in [4.78, 5) is 14.5. The number of fused-ring (bicyclic) bond motifs is 1. The highest BCUT2D eigenvalue weighted by Gasteiger charge is 2.56. The van der Waals surface area contributed by atoms with Crippen molar-refractivity contribution in [1.82, 2.24) is 4.90 Å². The topological polar surface area (TPSA) is 54.5 Å². The molecule has 3 rings (SSSR count). The fraction of sp³-hybridized carbons (Fsp3) is 0.588. The maximum atomic E-state index is 12.6. The lowest BCUT2D eigenvalue weighted by Gasteiger charge is -2.61. The number of carbonyl (C=O) groups is 1. The largest absolute Gasteiger partial charge is 0.332 e. The normalized spacial score (nSPS) is 27.9. The number of benzene rings is 1. The fourth-order valence-electron chi connectivity index (χ4n) is 4.09. The van der Waals surface area contributed by atoms with Crippen LogP contribution in [0.3, 0.4) is 0 Å². The van der Waals surface area contributed by atoms with Gasteiger partial charge in [0, 0.05) is 25.1 Å². The third-order valence-electron chi connectivity index (χ3n) is 5.18. The van der Waals surface area contributed by atoms with Gasteiger partial charge in [-0.05, 0) is 18.4 Å². The Kier molecular flexibility index (Phi) is 4.02. The third-order valence-corrected chi connectivity index (χ3v) is 6.13. The van der Waals surface area contributed by atoms with Crippen LogP contribution in [0.1, 0.15) is 37.7 Å². The van der Waals surface area contributed by atoms with Crippen LogP contribution in [0, 0.1) is 5.92 Å². The molecule has 2 aliphatic rings. The Morgan fingerprint density at radius 3 is 2.64 bits per heavy atom. The van der Waals surface area contributed by atoms with E-state index in [0.29, 0.717) is 5.92 Å². The number of amides is 1. The summed E-state index contributed by atoms with van der Waals surface area (Å²) < 4.78 is 22.7. The zero-order valence-corrected chi connectivity index (χ0v) is 13.8. The molecule has 0 N–H and O–H groups in total. The first-order chi connectivity index (χ1) is 10.4. The van der Waals surface area contributed by atoms with Crippen LogP contribution < -0.4 is 0 Å². The average Bonchev–Trinajstić information content (AvgIpc) is 2.47. The molecular weight excluding hydrogens is 298 g/mol. The summed E-state index contributed by atoms with van der Waals surface area (Å²) in [6.45, 7) is 0.775. The van der Waals surface area contributed by atoms with Crippen LogP contribution in [0.5, 0.6) is 0 Å². The molecule has 1 saturated heterocycles. The number of carbonyl (C=O) groups excluding carboxylic acids is 1. The zero-order chi connectivity index (χ0) is 15.8. The van der Waals surface area contributed by atoms with E-state index in [2.05, 4.69) is 12.1 Å². The summed E-state index contributed by atoms with van der Waals surface area (Å²) >= 11 is 0. The van der Waals surface area contributed by atoms with Crippen molar-refractivity contribution in [3.63, 3.8) is 0 Å². The van der Waals surface area contributed by atoms with E-state index in [1.807, 2.05) is 23.1 Å². The van der Waals surface area contributed by atoms with E-state index in [4.69, 9.17) is 0 Å². The van der Waals surface area contributed by atoms with Gasteiger partial charge in [0.1, 0.15) is 9.84 Å². The number of hydrogen-bond acceptors (Lipinski definition) is 3. The van der Waals surface area contributed by atoms with Crippen molar-refractivity contribution < 1.29 is 13.2 Å². The lowest BCUT2D eigenvalue weighted by molar-refractivity contribution is -0.166. The molecule has 2 atom stereocenters. The van der Waals surface area contributed by atoms with E-state index in [-0.39, 0.29) is 23.6 Å². The van der Waals surface area contributed by atoms with E-state index >= 15 is 0 Å². The van der Waals surface area contributed by atoms with Gasteiger partial charge in [0.05, 0.1) is 11.3 Å². The van der Waals surface area contributed by atoms with Crippen molar-refractivity contribution >= 4 is 15.7 Å². The summed E-state index contributed by atoms with van der Waals surface area (Å²) in [6.07, 6.45) is 5.79. The van der Waals surface area contributed by atoms with Crippen molar-refractivity contribution in [3.05, 3.63) is 35.9 Å². The second kappa shape index (κ2) is 5.69. The molecule has 1 aromatic carbocycles. The highest BCUT2D eigenvalue weighted by molar-refractivity contribution is 7.90. The lowest BCUT2D eigenvalue weighted by Crippen LogP contribution is -2.67. The highest BCUT2D eigenvalue weighted by atomic mass is 32.2. The van der Waals surface area contributed by atoms with Crippen LogP contribution in [0.2, 0.25) is 0 Å². The van der Waals surface area contributed by atoms with E-state index in [1.54, 1.807) is 0 Å². The first kappa shape index (κ1) is 15.5. The average molecular weight is 321 g/mol. The molecule has 0 aromatic heterocycles. The zero-order valence-electron chi connectivity index (χ0n) is 13.0. The van der Waals surface area contributed by atoms with E-state index < -0.39 is 9.84 Å². The molecule has 0 unspecified atom stereocenters. The summed E-state index contributed by atoms with van der Waals surface area (Å²) in [5, 5.41) is 0. The van der Waals surface area contributed by atoms with Gasteiger partial charge < -0.3 is 4.90 Å². The minimum atomic E-state index is -3.10. The first-order valence-corrected chi connectivity index (χ1v) is 10.0. The molecule has 2 fully saturated rings. The van der Waals surface area contributed by atoms with Gasteiger partial charge in [0.2, 0.25) is 5.91 Å². The van der Waals surface area contributed by atoms with Crippen molar-refractivity contribution in [2.75, 3.05) is 18.6 Å². The highest BCUT2D eigenvalue weighted by Crippen LogP contribution is 2.53. The number of nitrogens with zero attached hydrogens (tertiary/aromatic N) is 1. The Balaban J connectivity index is 1.84. The maximum absolute atomic E-state index is 12.6. The molecule has 1 heterocycles. The number of sulfone groups is 1. The number of rotatable bonds is 4. The van der Waals surface area contributed by atoms with Crippen LogP contribution in [-0.2, 0) is 20.2 Å². The fourth-order valence-corrected chi connectivity index (χ4v) is 4.64. The van der Waals surface area contributed by atoms with Crippen molar-refractivity contribution in [2.45, 2.75) is 37.6 Å². The van der Waals surface area contributed by atoms with Gasteiger partial charge in [-0.2, -0.15) is 0 Å². The second-order valence-electron chi connectivity index (χ2n) is 6.62. The molecule has 0 bridgehead atoms. The second-order valence-corrected chi connectivity index (χ2v) is 8.88. The van der Waals surface area contributed by atoms with Crippen LogP contribution in [-0.4, -0.2) is 37.8 Å². The summed E-state index contributed by atoms with van der Waals surface area (Å²) in [7, 11) is -3.10.